The van der Waals surface area contributed by atoms with E-state index in [4.69, 9.17) is 5.10 Å². The number of carbonyl (C=O) groups is 3. The molecule has 0 fully saturated rings. The highest BCUT2D eigenvalue weighted by Gasteiger charge is 2.47. The summed E-state index contributed by atoms with van der Waals surface area (Å²) in [6.45, 7) is 8.84. The minimum atomic E-state index is -4.69. The van der Waals surface area contributed by atoms with Crippen LogP contribution in [-0.4, -0.2) is 40.1 Å². The molecule has 3 aromatic carbocycles. The van der Waals surface area contributed by atoms with E-state index in [2.05, 4.69) is 17.2 Å². The summed E-state index contributed by atoms with van der Waals surface area (Å²) < 4.78 is 56.1. The summed E-state index contributed by atoms with van der Waals surface area (Å²) in [7, 11) is 0. The van der Waals surface area contributed by atoms with Crippen LogP contribution in [0.4, 0.5) is 23.4 Å². The van der Waals surface area contributed by atoms with Crippen molar-refractivity contribution in [2.75, 3.05) is 11.4 Å². The Balaban J connectivity index is 1.73. The molecule has 3 atom stereocenters. The fraction of sp³-hybridized carbons (Fsp3) is 0.235. The van der Waals surface area contributed by atoms with Crippen molar-refractivity contribution in [2.24, 2.45) is 0 Å². The number of halogens is 4. The molecule has 5 rings (SSSR count). The van der Waals surface area contributed by atoms with Gasteiger partial charge in [0.25, 0.3) is 11.8 Å². The van der Waals surface area contributed by atoms with Gasteiger partial charge in [0.05, 0.1) is 23.0 Å². The lowest BCUT2D eigenvalue weighted by atomic mass is 9.80. The minimum Gasteiger partial charge on any atom is -0.344 e. The quantitative estimate of drug-likeness (QED) is 0.182. The topological polar surface area (TPSA) is 96.3 Å². The number of likely N-dealkylation sites (N-methyl/N-ethyl adjacent to an activating group) is 1. The molecule has 1 aliphatic rings. The molecule has 2 N–H and O–H groups in total. The van der Waals surface area contributed by atoms with Crippen LogP contribution in [0, 0.1) is 5.82 Å². The number of nitrogens with zero attached hydrogens (tertiary/aromatic N) is 3. The second-order valence-electron chi connectivity index (χ2n) is 11.0. The number of anilines is 1. The van der Waals surface area contributed by atoms with E-state index in [0.29, 0.717) is 34.4 Å². The molecule has 3 amide bonds. The Morgan fingerprint density at radius 3 is 2.30 bits per heavy atom. The van der Waals surface area contributed by atoms with Crippen molar-refractivity contribution in [3.05, 3.63) is 125 Å². The number of benzene rings is 3. The molecule has 0 saturated carbocycles. The Kier molecular flexibility index (Phi) is 8.82. The minimum absolute atomic E-state index is 0.141. The number of carbonyl (C=O) groups excluding carboxylic acids is 3. The van der Waals surface area contributed by atoms with Gasteiger partial charge < -0.3 is 10.6 Å². The number of para-hydroxylation sites is 1. The summed E-state index contributed by atoms with van der Waals surface area (Å²) in [6, 6.07) is 16.2. The van der Waals surface area contributed by atoms with Gasteiger partial charge in [0.1, 0.15) is 17.7 Å². The van der Waals surface area contributed by atoms with Crippen LogP contribution in [0.1, 0.15) is 65.5 Å². The van der Waals surface area contributed by atoms with Crippen molar-refractivity contribution < 1.29 is 31.9 Å². The molecule has 8 nitrogen and oxygen atoms in total. The third kappa shape index (κ3) is 6.15. The average Bonchev–Trinajstić information content (AvgIpc) is 3.42. The summed E-state index contributed by atoms with van der Waals surface area (Å²) >= 11 is 0. The van der Waals surface area contributed by atoms with Gasteiger partial charge >= 0.3 is 6.18 Å². The van der Waals surface area contributed by atoms with E-state index in [1.54, 1.807) is 49.7 Å². The zero-order valence-electron chi connectivity index (χ0n) is 25.2. The number of fused-ring (bicyclic) bond motifs is 1. The number of hydrogen-bond donors (Lipinski definition) is 2. The maximum absolute atomic E-state index is 14.3. The smallest absolute Gasteiger partial charge is 0.344 e. The number of amides is 3. The van der Waals surface area contributed by atoms with E-state index in [9.17, 15) is 31.9 Å². The molecule has 1 aliphatic heterocycles. The summed E-state index contributed by atoms with van der Waals surface area (Å²) in [6.07, 6.45) is -4.69. The van der Waals surface area contributed by atoms with Crippen molar-refractivity contribution in [1.82, 2.24) is 20.4 Å². The van der Waals surface area contributed by atoms with Crippen LogP contribution in [0.25, 0.3) is 5.69 Å². The molecular formula is C34H31F4N5O3. The van der Waals surface area contributed by atoms with E-state index >= 15 is 0 Å². The first kappa shape index (κ1) is 32.1. The second-order valence-corrected chi connectivity index (χ2v) is 11.0. The van der Waals surface area contributed by atoms with E-state index in [1.165, 1.54) is 35.2 Å². The molecule has 238 valence electrons. The van der Waals surface area contributed by atoms with Crippen molar-refractivity contribution in [2.45, 2.75) is 44.9 Å². The SMILES string of the molecule is C=C(C)C(=O)N[C@H](C)c1nn(-c2ccccc2)c2c1[C@H](c1ccc(F)cc1)[C@H](NC(=O)c1cccc(C(F)(F)F)c1)C(=O)N2CC. The Hall–Kier alpha value is -5.26. The summed E-state index contributed by atoms with van der Waals surface area (Å²) in [5.74, 6) is -3.01. The monoisotopic (exact) mass is 633 g/mol. The molecular weight excluding hydrogens is 602 g/mol. The second kappa shape index (κ2) is 12.6. The molecule has 0 saturated heterocycles. The van der Waals surface area contributed by atoms with Crippen LogP contribution >= 0.6 is 0 Å². The predicted octanol–water partition coefficient (Wildman–Crippen LogP) is 6.08. The Morgan fingerprint density at radius 1 is 1.02 bits per heavy atom. The van der Waals surface area contributed by atoms with Crippen molar-refractivity contribution in [3.63, 3.8) is 0 Å². The van der Waals surface area contributed by atoms with E-state index in [-0.39, 0.29) is 17.7 Å². The zero-order chi connectivity index (χ0) is 33.3. The van der Waals surface area contributed by atoms with Gasteiger partial charge in [0.15, 0.2) is 0 Å². The molecule has 2 heterocycles. The third-order valence-corrected chi connectivity index (χ3v) is 7.79. The van der Waals surface area contributed by atoms with Crippen LogP contribution in [-0.2, 0) is 15.8 Å². The van der Waals surface area contributed by atoms with Gasteiger partial charge in [-0.3, -0.25) is 19.3 Å². The van der Waals surface area contributed by atoms with Crippen LogP contribution in [0.15, 0.2) is 91.0 Å². The normalized spacial score (nSPS) is 16.8. The molecule has 46 heavy (non-hydrogen) atoms. The lowest BCUT2D eigenvalue weighted by Crippen LogP contribution is -2.55. The van der Waals surface area contributed by atoms with Crippen LogP contribution < -0.4 is 15.5 Å². The molecule has 12 heteroatoms. The molecule has 0 spiro atoms. The summed E-state index contributed by atoms with van der Waals surface area (Å²) in [5.41, 5.74) is 0.836. The Labute approximate surface area is 262 Å². The van der Waals surface area contributed by atoms with E-state index in [0.717, 1.165) is 12.1 Å². The van der Waals surface area contributed by atoms with Gasteiger partial charge in [-0.15, -0.1) is 0 Å². The molecule has 0 aliphatic carbocycles. The van der Waals surface area contributed by atoms with Crippen molar-refractivity contribution in [3.8, 4) is 5.69 Å². The highest BCUT2D eigenvalue weighted by Crippen LogP contribution is 2.45. The first-order valence-corrected chi connectivity index (χ1v) is 14.5. The number of aromatic nitrogens is 2. The molecule has 0 radical (unpaired) electrons. The standard InChI is InChI=1S/C34H31F4N5O3/c1-5-42-32-27(28(20(4)39-30(44)19(2)3)41-43(32)25-12-7-6-8-13-25)26(21-14-16-24(35)17-15-21)29(33(42)46)40-31(45)22-10-9-11-23(18-22)34(36,37)38/h6-18,20,26,29H,2,5H2,1,3-4H3,(H,39,44)(H,40,45)/t20-,26+,29+/m1/s1. The van der Waals surface area contributed by atoms with E-state index in [1.807, 2.05) is 6.07 Å². The van der Waals surface area contributed by atoms with Crippen molar-refractivity contribution >= 4 is 23.5 Å². The first-order chi connectivity index (χ1) is 21.8. The first-order valence-electron chi connectivity index (χ1n) is 14.5. The Bertz CT molecular complexity index is 1800. The van der Waals surface area contributed by atoms with Gasteiger partial charge in [-0.05, 0) is 68.8 Å². The van der Waals surface area contributed by atoms with Crippen LogP contribution in [0.5, 0.6) is 0 Å². The largest absolute Gasteiger partial charge is 0.416 e. The van der Waals surface area contributed by atoms with E-state index < -0.39 is 53.3 Å². The lowest BCUT2D eigenvalue weighted by Gasteiger charge is -2.39. The fourth-order valence-electron chi connectivity index (χ4n) is 5.58. The van der Waals surface area contributed by atoms with Gasteiger partial charge in [-0.2, -0.15) is 18.3 Å². The van der Waals surface area contributed by atoms with Crippen molar-refractivity contribution in [1.29, 1.82) is 0 Å². The number of alkyl halides is 3. The molecule has 0 unspecified atom stereocenters. The molecule has 4 aromatic rings. The van der Waals surface area contributed by atoms with Gasteiger partial charge in [0.2, 0.25) is 5.91 Å². The van der Waals surface area contributed by atoms with Crippen LogP contribution in [0.2, 0.25) is 0 Å². The number of rotatable bonds is 8. The van der Waals surface area contributed by atoms with Gasteiger partial charge in [0, 0.05) is 29.2 Å². The summed E-state index contributed by atoms with van der Waals surface area (Å²) in [5, 5.41) is 10.4. The molecule has 0 bridgehead atoms. The van der Waals surface area contributed by atoms with Gasteiger partial charge in [-0.25, -0.2) is 9.07 Å². The highest BCUT2D eigenvalue weighted by atomic mass is 19.4. The average molecular weight is 634 g/mol. The molecule has 1 aromatic heterocycles. The number of hydrogen-bond acceptors (Lipinski definition) is 4. The maximum atomic E-state index is 14.3. The fourth-order valence-corrected chi connectivity index (χ4v) is 5.58. The zero-order valence-corrected chi connectivity index (χ0v) is 25.2. The number of nitrogens with one attached hydrogen (secondary N) is 2. The maximum Gasteiger partial charge on any atom is 0.416 e. The summed E-state index contributed by atoms with van der Waals surface area (Å²) in [4.78, 5) is 42.0. The predicted molar refractivity (Wildman–Crippen MR) is 164 cm³/mol. The third-order valence-electron chi connectivity index (χ3n) is 7.79. The van der Waals surface area contributed by atoms with Crippen LogP contribution in [0.3, 0.4) is 0 Å². The lowest BCUT2D eigenvalue weighted by molar-refractivity contribution is -0.137. The van der Waals surface area contributed by atoms with Gasteiger partial charge in [-0.1, -0.05) is 43.0 Å². The Morgan fingerprint density at radius 2 is 1.70 bits per heavy atom. The highest BCUT2D eigenvalue weighted by molar-refractivity contribution is 6.05.